The molecule has 1 saturated carbocycles. The molecule has 0 saturated heterocycles. The Hall–Kier alpha value is -1.00. The maximum atomic E-state index is 13.6. The Labute approximate surface area is 106 Å². The molecule has 0 atom stereocenters. The predicted molar refractivity (Wildman–Crippen MR) is 66.1 cm³/mol. The third-order valence-corrected chi connectivity index (χ3v) is 3.65. The second-order valence-corrected chi connectivity index (χ2v) is 4.83. The SMILES string of the molecule is OCCN(Cc1c(F)cccc1F)C1CCCC1. The van der Waals surface area contributed by atoms with E-state index in [4.69, 9.17) is 5.11 Å². The van der Waals surface area contributed by atoms with E-state index in [2.05, 4.69) is 0 Å². The van der Waals surface area contributed by atoms with Crippen molar-refractivity contribution in [3.05, 3.63) is 35.4 Å². The van der Waals surface area contributed by atoms with Crippen molar-refractivity contribution in [3.63, 3.8) is 0 Å². The first-order chi connectivity index (χ1) is 8.72. The van der Waals surface area contributed by atoms with Crippen LogP contribution in [0.1, 0.15) is 31.2 Å². The summed E-state index contributed by atoms with van der Waals surface area (Å²) < 4.78 is 27.2. The van der Waals surface area contributed by atoms with Crippen molar-refractivity contribution >= 4 is 0 Å². The van der Waals surface area contributed by atoms with Gasteiger partial charge >= 0.3 is 0 Å². The molecule has 18 heavy (non-hydrogen) atoms. The number of halogens is 2. The van der Waals surface area contributed by atoms with Crippen LogP contribution in [0.4, 0.5) is 8.78 Å². The average molecular weight is 255 g/mol. The molecular weight excluding hydrogens is 236 g/mol. The highest BCUT2D eigenvalue weighted by molar-refractivity contribution is 5.19. The van der Waals surface area contributed by atoms with Crippen LogP contribution >= 0.6 is 0 Å². The summed E-state index contributed by atoms with van der Waals surface area (Å²) >= 11 is 0. The Balaban J connectivity index is 2.12. The van der Waals surface area contributed by atoms with Gasteiger partial charge in [-0.15, -0.1) is 0 Å². The zero-order chi connectivity index (χ0) is 13.0. The Morgan fingerprint density at radius 1 is 1.17 bits per heavy atom. The molecule has 1 N–H and O–H groups in total. The third kappa shape index (κ3) is 3.06. The summed E-state index contributed by atoms with van der Waals surface area (Å²) in [4.78, 5) is 1.99. The quantitative estimate of drug-likeness (QED) is 0.874. The number of nitrogens with zero attached hydrogens (tertiary/aromatic N) is 1. The third-order valence-electron chi connectivity index (χ3n) is 3.65. The Bertz CT molecular complexity index is 371. The van der Waals surface area contributed by atoms with E-state index in [9.17, 15) is 8.78 Å². The summed E-state index contributed by atoms with van der Waals surface area (Å²) in [5, 5.41) is 9.08. The van der Waals surface area contributed by atoms with Crippen LogP contribution in [0, 0.1) is 11.6 Å². The van der Waals surface area contributed by atoms with Gasteiger partial charge in [0.1, 0.15) is 11.6 Å². The maximum absolute atomic E-state index is 13.6. The summed E-state index contributed by atoms with van der Waals surface area (Å²) in [5.74, 6) is -1.01. The van der Waals surface area contributed by atoms with Crippen molar-refractivity contribution in [2.24, 2.45) is 0 Å². The molecule has 2 nitrogen and oxygen atoms in total. The fraction of sp³-hybridized carbons (Fsp3) is 0.571. The van der Waals surface area contributed by atoms with Crippen LogP contribution in [0.15, 0.2) is 18.2 Å². The first-order valence-electron chi connectivity index (χ1n) is 6.50. The number of aliphatic hydroxyl groups excluding tert-OH is 1. The van der Waals surface area contributed by atoms with E-state index < -0.39 is 11.6 Å². The van der Waals surface area contributed by atoms with Crippen molar-refractivity contribution in [1.29, 1.82) is 0 Å². The topological polar surface area (TPSA) is 23.5 Å². The fourth-order valence-corrected chi connectivity index (χ4v) is 2.68. The van der Waals surface area contributed by atoms with Crippen molar-refractivity contribution in [2.75, 3.05) is 13.2 Å². The van der Waals surface area contributed by atoms with Crippen LogP contribution in [0.25, 0.3) is 0 Å². The van der Waals surface area contributed by atoms with Gasteiger partial charge in [0.25, 0.3) is 0 Å². The molecule has 100 valence electrons. The summed E-state index contributed by atoms with van der Waals surface area (Å²) in [6.45, 7) is 0.731. The van der Waals surface area contributed by atoms with Gasteiger partial charge in [-0.25, -0.2) is 8.78 Å². The zero-order valence-corrected chi connectivity index (χ0v) is 10.4. The van der Waals surface area contributed by atoms with Gasteiger partial charge in [0.05, 0.1) is 6.61 Å². The van der Waals surface area contributed by atoms with Crippen molar-refractivity contribution in [1.82, 2.24) is 4.90 Å². The fourth-order valence-electron chi connectivity index (χ4n) is 2.68. The lowest BCUT2D eigenvalue weighted by atomic mass is 10.1. The average Bonchev–Trinajstić information content (AvgIpc) is 2.86. The molecule has 1 aromatic rings. The smallest absolute Gasteiger partial charge is 0.130 e. The van der Waals surface area contributed by atoms with Crippen molar-refractivity contribution in [2.45, 2.75) is 38.3 Å². The second-order valence-electron chi connectivity index (χ2n) is 4.83. The van der Waals surface area contributed by atoms with Crippen LogP contribution in [-0.2, 0) is 6.54 Å². The predicted octanol–water partition coefficient (Wildman–Crippen LogP) is 2.70. The number of hydrogen-bond acceptors (Lipinski definition) is 2. The van der Waals surface area contributed by atoms with Crippen LogP contribution in [0.2, 0.25) is 0 Å². The van der Waals surface area contributed by atoms with E-state index in [0.29, 0.717) is 12.6 Å². The summed E-state index contributed by atoms with van der Waals surface area (Å²) in [6, 6.07) is 4.28. The van der Waals surface area contributed by atoms with E-state index in [1.165, 1.54) is 18.2 Å². The number of aliphatic hydroxyl groups is 1. The van der Waals surface area contributed by atoms with E-state index >= 15 is 0 Å². The lowest BCUT2D eigenvalue weighted by Crippen LogP contribution is -2.35. The molecule has 0 radical (unpaired) electrons. The normalized spacial score (nSPS) is 16.7. The first kappa shape index (κ1) is 13.4. The highest BCUT2D eigenvalue weighted by Gasteiger charge is 2.24. The molecule has 1 aliphatic rings. The molecular formula is C14H19F2NO. The monoisotopic (exact) mass is 255 g/mol. The maximum Gasteiger partial charge on any atom is 0.130 e. The van der Waals surface area contributed by atoms with Gasteiger partial charge in [-0.05, 0) is 25.0 Å². The molecule has 1 fully saturated rings. The first-order valence-corrected chi connectivity index (χ1v) is 6.50. The van der Waals surface area contributed by atoms with Gasteiger partial charge in [-0.2, -0.15) is 0 Å². The van der Waals surface area contributed by atoms with Gasteiger partial charge in [0.15, 0.2) is 0 Å². The molecule has 0 spiro atoms. The Kier molecular flexibility index (Phi) is 4.66. The highest BCUT2D eigenvalue weighted by Crippen LogP contribution is 2.25. The molecule has 0 amide bonds. The zero-order valence-electron chi connectivity index (χ0n) is 10.4. The molecule has 0 aromatic heterocycles. The molecule has 4 heteroatoms. The Morgan fingerprint density at radius 2 is 1.78 bits per heavy atom. The molecule has 1 aromatic carbocycles. The number of benzene rings is 1. The summed E-state index contributed by atoms with van der Waals surface area (Å²) in [7, 11) is 0. The number of rotatable bonds is 5. The molecule has 0 aliphatic heterocycles. The standard InChI is InChI=1S/C14H19F2NO/c15-13-6-3-7-14(16)12(13)10-17(8-9-18)11-4-1-2-5-11/h3,6-7,11,18H,1-2,4-5,8-10H2. The molecule has 0 heterocycles. The van der Waals surface area contributed by atoms with Gasteiger partial charge < -0.3 is 5.11 Å². The van der Waals surface area contributed by atoms with Crippen LogP contribution < -0.4 is 0 Å². The van der Waals surface area contributed by atoms with E-state index in [1.807, 2.05) is 4.90 Å². The second kappa shape index (κ2) is 6.25. The van der Waals surface area contributed by atoms with Gasteiger partial charge in [-0.1, -0.05) is 18.9 Å². The Morgan fingerprint density at radius 3 is 2.33 bits per heavy atom. The van der Waals surface area contributed by atoms with Gasteiger partial charge in [-0.3, -0.25) is 4.90 Å². The van der Waals surface area contributed by atoms with Crippen LogP contribution in [-0.4, -0.2) is 29.2 Å². The van der Waals surface area contributed by atoms with E-state index in [0.717, 1.165) is 25.7 Å². The number of hydrogen-bond donors (Lipinski definition) is 1. The highest BCUT2D eigenvalue weighted by atomic mass is 19.1. The minimum atomic E-state index is -0.504. The lowest BCUT2D eigenvalue weighted by Gasteiger charge is -2.28. The van der Waals surface area contributed by atoms with Crippen LogP contribution in [0.5, 0.6) is 0 Å². The van der Waals surface area contributed by atoms with Gasteiger partial charge in [0.2, 0.25) is 0 Å². The molecule has 2 rings (SSSR count). The molecule has 1 aliphatic carbocycles. The largest absolute Gasteiger partial charge is 0.395 e. The van der Waals surface area contributed by atoms with E-state index in [-0.39, 0.29) is 18.7 Å². The molecule has 0 bridgehead atoms. The van der Waals surface area contributed by atoms with E-state index in [1.54, 1.807) is 0 Å². The summed E-state index contributed by atoms with van der Waals surface area (Å²) in [6.07, 6.45) is 4.42. The van der Waals surface area contributed by atoms with Crippen molar-refractivity contribution in [3.8, 4) is 0 Å². The minimum absolute atomic E-state index is 0.0204. The summed E-state index contributed by atoms with van der Waals surface area (Å²) in [5.41, 5.74) is 0.109. The van der Waals surface area contributed by atoms with Gasteiger partial charge in [0, 0.05) is 24.7 Å². The molecule has 0 unspecified atom stereocenters. The minimum Gasteiger partial charge on any atom is -0.395 e. The lowest BCUT2D eigenvalue weighted by molar-refractivity contribution is 0.142. The van der Waals surface area contributed by atoms with Crippen molar-refractivity contribution < 1.29 is 13.9 Å². The van der Waals surface area contributed by atoms with Crippen LogP contribution in [0.3, 0.4) is 0 Å².